The molecule has 3 aromatic carbocycles. The van der Waals surface area contributed by atoms with Crippen LogP contribution in [0, 0.1) is 23.7 Å². The van der Waals surface area contributed by atoms with Crippen LogP contribution in [0.5, 0.6) is 0 Å². The zero-order valence-corrected chi connectivity index (χ0v) is 38.4. The largest absolute Gasteiger partial charge is 0.480 e. The van der Waals surface area contributed by atoms with E-state index in [2.05, 4.69) is 46.1 Å². The van der Waals surface area contributed by atoms with E-state index in [0.29, 0.717) is 0 Å². The molecule has 0 aliphatic heterocycles. The third kappa shape index (κ3) is 31.3. The molecule has 0 aliphatic rings. The number of carboxylic acid groups (broad SMARTS) is 10. The molecule has 0 radical (unpaired) electrons. The molecule has 0 amide bonds. The number of nitrogens with one attached hydrogen (secondary N) is 1. The second kappa shape index (κ2) is 33.9. The van der Waals surface area contributed by atoms with Crippen LogP contribution in [0.2, 0.25) is 0 Å². The molecular formula is C48H49N5O20. The van der Waals surface area contributed by atoms with Crippen LogP contribution in [0.25, 0.3) is 11.1 Å². The lowest BCUT2D eigenvalue weighted by Gasteiger charge is -2.23. The van der Waals surface area contributed by atoms with Crippen molar-refractivity contribution < 1.29 is 99.0 Å². The number of carbonyl (C=O) groups is 10. The lowest BCUT2D eigenvalue weighted by molar-refractivity contribution is -0.146. The average molecular weight is 1020 g/mol. The third-order valence-electron chi connectivity index (χ3n) is 8.41. The first kappa shape index (κ1) is 61.5. The topological polar surface area (TPSA) is 408 Å². The minimum absolute atomic E-state index is 0.0703. The van der Waals surface area contributed by atoms with E-state index in [9.17, 15) is 47.9 Å². The van der Waals surface area contributed by atoms with Gasteiger partial charge in [-0.25, -0.2) is 4.79 Å². The van der Waals surface area contributed by atoms with Crippen molar-refractivity contribution in [2.45, 2.75) is 0 Å². The molecule has 25 heteroatoms. The van der Waals surface area contributed by atoms with Crippen LogP contribution in [0.4, 0.5) is 0 Å². The Morgan fingerprint density at radius 2 is 0.616 bits per heavy atom. The summed E-state index contributed by atoms with van der Waals surface area (Å²) in [6.45, 7) is -4.67. The number of aromatic nitrogens is 1. The van der Waals surface area contributed by atoms with Crippen LogP contribution in [0.1, 0.15) is 32.6 Å². The molecule has 0 saturated heterocycles. The molecule has 11 N–H and O–H groups in total. The first-order valence-corrected chi connectivity index (χ1v) is 20.7. The summed E-state index contributed by atoms with van der Waals surface area (Å²) in [4.78, 5) is 110. The third-order valence-corrected chi connectivity index (χ3v) is 8.41. The highest BCUT2D eigenvalue weighted by atomic mass is 16.4. The van der Waals surface area contributed by atoms with Gasteiger partial charge in [-0.3, -0.25) is 68.2 Å². The Hall–Kier alpha value is -9.53. The van der Waals surface area contributed by atoms with Crippen LogP contribution in [-0.2, 0) is 43.2 Å². The molecular weight excluding hydrogens is 967 g/mol. The minimum atomic E-state index is -1.26. The van der Waals surface area contributed by atoms with E-state index in [0.717, 1.165) is 48.1 Å². The second-order valence-corrected chi connectivity index (χ2v) is 14.5. The molecule has 0 bridgehead atoms. The molecule has 4 rings (SSSR count). The number of rotatable bonds is 23. The molecule has 0 spiro atoms. The van der Waals surface area contributed by atoms with E-state index >= 15 is 0 Å². The maximum atomic E-state index is 10.9. The molecule has 4 aromatic rings. The number of benzene rings is 3. The van der Waals surface area contributed by atoms with Crippen molar-refractivity contribution in [3.05, 3.63) is 125 Å². The fraction of sp³-hybridized carbons (Fsp3) is 0.229. The Bertz CT molecular complexity index is 2520. The predicted molar refractivity (Wildman–Crippen MR) is 252 cm³/mol. The summed E-state index contributed by atoms with van der Waals surface area (Å²) in [6.07, 6.45) is 3.46. The molecule has 0 unspecified atom stereocenters. The van der Waals surface area contributed by atoms with E-state index in [1.54, 1.807) is 36.7 Å². The molecule has 1 heterocycles. The van der Waals surface area contributed by atoms with E-state index < -0.39 is 106 Å². The van der Waals surface area contributed by atoms with E-state index in [1.165, 1.54) is 0 Å². The SMILES string of the molecule is O=C(O)CN(CC(=O)O)CC(=O)O.O=C(O)CN(CCN(CC(=O)O)CC(=O)O)CC(=O)O.O=C(O)CNCC(=O)O.O=C(O)c1ccc(C#Cc2ccc(-c3ccc(C#Cc4ccncc4)cc3)cc2)cc1. The molecule has 1 aromatic heterocycles. The highest BCUT2D eigenvalue weighted by molar-refractivity contribution is 5.87. The molecule has 0 saturated carbocycles. The zero-order chi connectivity index (χ0) is 54.9. The van der Waals surface area contributed by atoms with Gasteiger partial charge in [-0.05, 0) is 71.8 Å². The zero-order valence-electron chi connectivity index (χ0n) is 38.4. The standard InChI is InChI=1S/C28H17NO2.C10H16N2O8.C6H9NO6.C4H7NO4/c30-28(31)27-15-9-23(10-16-27)2-1-21-5-11-25(12-6-21)26-13-7-22(8-14-26)3-4-24-17-19-29-20-18-24;13-7(14)3-11(4-8(15)16)1-2-12(5-9(17)18)6-10(19)20;8-4(9)1-7(2-5(10)11)3-6(12)13;6-3(7)1-5-2-4(8)9/h5-20H,(H,30,31);1-6H2,(H,13,14)(H,15,16)(H,17,18)(H,19,20);1-3H2,(H,8,9)(H,10,11)(H,12,13);5H,1-2H2,(H,6,7)(H,8,9). The number of carboxylic acids is 10. The molecule has 0 aliphatic carbocycles. The average Bonchev–Trinajstić information content (AvgIpc) is 3.29. The quantitative estimate of drug-likeness (QED) is 0.0450. The summed E-state index contributed by atoms with van der Waals surface area (Å²) in [5.74, 6) is 0.707. The first-order valence-electron chi connectivity index (χ1n) is 20.7. The van der Waals surface area contributed by atoms with Gasteiger partial charge >= 0.3 is 59.7 Å². The number of pyridine rings is 1. The van der Waals surface area contributed by atoms with Gasteiger partial charge in [0.1, 0.15) is 0 Å². The fourth-order valence-electron chi connectivity index (χ4n) is 5.41. The van der Waals surface area contributed by atoms with Crippen molar-refractivity contribution in [1.29, 1.82) is 0 Å². The van der Waals surface area contributed by atoms with Crippen molar-refractivity contribution in [2.75, 3.05) is 72.0 Å². The maximum absolute atomic E-state index is 10.9. The van der Waals surface area contributed by atoms with Gasteiger partial charge in [0.25, 0.3) is 0 Å². The van der Waals surface area contributed by atoms with Gasteiger partial charge < -0.3 is 51.1 Å². The summed E-state index contributed by atoms with van der Waals surface area (Å²) < 4.78 is 0. The summed E-state index contributed by atoms with van der Waals surface area (Å²) in [5.41, 5.74) is 6.03. The van der Waals surface area contributed by atoms with Gasteiger partial charge in [0.15, 0.2) is 0 Å². The van der Waals surface area contributed by atoms with Crippen LogP contribution >= 0.6 is 0 Å². The van der Waals surface area contributed by atoms with Crippen molar-refractivity contribution in [1.82, 2.24) is 25.0 Å². The Morgan fingerprint density at radius 1 is 0.356 bits per heavy atom. The monoisotopic (exact) mass is 1020 g/mol. The normalized spacial score (nSPS) is 9.90. The molecule has 25 nitrogen and oxygen atoms in total. The van der Waals surface area contributed by atoms with Crippen molar-refractivity contribution in [3.63, 3.8) is 0 Å². The molecule has 73 heavy (non-hydrogen) atoms. The van der Waals surface area contributed by atoms with E-state index in [4.69, 9.17) is 51.1 Å². The van der Waals surface area contributed by atoms with E-state index in [1.807, 2.05) is 48.5 Å². The van der Waals surface area contributed by atoms with Gasteiger partial charge in [0.2, 0.25) is 0 Å². The van der Waals surface area contributed by atoms with E-state index in [-0.39, 0.29) is 31.7 Å². The van der Waals surface area contributed by atoms with Gasteiger partial charge in [-0.15, -0.1) is 0 Å². The second-order valence-electron chi connectivity index (χ2n) is 14.5. The Kier molecular flexibility index (Phi) is 28.5. The molecule has 0 fully saturated rings. The first-order chi connectivity index (χ1) is 34.4. The Morgan fingerprint density at radius 3 is 0.877 bits per heavy atom. The summed E-state index contributed by atoms with van der Waals surface area (Å²) in [7, 11) is 0. The van der Waals surface area contributed by atoms with Gasteiger partial charge in [-0.1, -0.05) is 47.9 Å². The van der Waals surface area contributed by atoms with Crippen LogP contribution in [0.15, 0.2) is 97.3 Å². The number of aliphatic carboxylic acids is 9. The number of nitrogens with zero attached hydrogens (tertiary/aromatic N) is 4. The highest BCUT2D eigenvalue weighted by Crippen LogP contribution is 2.20. The van der Waals surface area contributed by atoms with Crippen LogP contribution < -0.4 is 5.32 Å². The van der Waals surface area contributed by atoms with Gasteiger partial charge in [0, 0.05) is 47.7 Å². The minimum Gasteiger partial charge on any atom is -0.480 e. The highest BCUT2D eigenvalue weighted by Gasteiger charge is 2.18. The lowest BCUT2D eigenvalue weighted by Crippen LogP contribution is -2.43. The predicted octanol–water partition coefficient (Wildman–Crippen LogP) is 0.463. The number of hydrogen-bond acceptors (Lipinski definition) is 15. The summed E-state index contributed by atoms with van der Waals surface area (Å²) in [5, 5.41) is 86.4. The Balaban J connectivity index is 0.000000545. The van der Waals surface area contributed by atoms with Crippen molar-refractivity contribution >= 4 is 59.7 Å². The van der Waals surface area contributed by atoms with Gasteiger partial charge in [0.05, 0.1) is 64.5 Å². The number of hydrogen-bond donors (Lipinski definition) is 11. The van der Waals surface area contributed by atoms with Crippen molar-refractivity contribution in [3.8, 4) is 34.8 Å². The van der Waals surface area contributed by atoms with Crippen LogP contribution in [-0.4, -0.2) is 202 Å². The van der Waals surface area contributed by atoms with Crippen molar-refractivity contribution in [2.24, 2.45) is 0 Å². The lowest BCUT2D eigenvalue weighted by atomic mass is 10.0. The van der Waals surface area contributed by atoms with Crippen LogP contribution in [0.3, 0.4) is 0 Å². The smallest absolute Gasteiger partial charge is 0.335 e. The maximum Gasteiger partial charge on any atom is 0.335 e. The summed E-state index contributed by atoms with van der Waals surface area (Å²) in [6, 6.07) is 26.5. The Labute approximate surface area is 414 Å². The number of aromatic carboxylic acids is 1. The molecule has 386 valence electrons. The fourth-order valence-corrected chi connectivity index (χ4v) is 5.41. The van der Waals surface area contributed by atoms with Gasteiger partial charge in [-0.2, -0.15) is 0 Å². The molecule has 0 atom stereocenters. The summed E-state index contributed by atoms with van der Waals surface area (Å²) >= 11 is 0.